The molecule has 6 heteroatoms. The van der Waals surface area contributed by atoms with E-state index in [0.717, 1.165) is 12.0 Å². The molecule has 1 aromatic carbocycles. The summed E-state index contributed by atoms with van der Waals surface area (Å²) < 4.78 is 54.0. The van der Waals surface area contributed by atoms with Gasteiger partial charge in [-0.05, 0) is 30.9 Å². The number of sulfone groups is 1. The Morgan fingerprint density at radius 3 is 2.67 bits per heavy atom. The zero-order valence-corrected chi connectivity index (χ0v) is 12.2. The molecule has 2 atom stereocenters. The summed E-state index contributed by atoms with van der Waals surface area (Å²) in [7, 11) is -3.11. The molecule has 1 aromatic rings. The smallest absolute Gasteiger partial charge is 0.387 e. The van der Waals surface area contributed by atoms with Crippen molar-refractivity contribution in [2.45, 2.75) is 42.8 Å². The number of hydrogen-bond acceptors (Lipinski definition) is 3. The van der Waals surface area contributed by atoms with Gasteiger partial charge in [-0.25, -0.2) is 8.42 Å². The highest BCUT2D eigenvalue weighted by Crippen LogP contribution is 2.41. The molecule has 2 bridgehead atoms. The Morgan fingerprint density at radius 1 is 1.19 bits per heavy atom. The van der Waals surface area contributed by atoms with Crippen LogP contribution >= 0.6 is 0 Å². The van der Waals surface area contributed by atoms with Crippen molar-refractivity contribution < 1.29 is 21.9 Å². The summed E-state index contributed by atoms with van der Waals surface area (Å²) in [5.74, 6) is 0.108. The zero-order chi connectivity index (χ0) is 15.0. The Bertz CT molecular complexity index is 667. The normalized spacial score (nSPS) is 27.3. The van der Waals surface area contributed by atoms with Gasteiger partial charge in [-0.2, -0.15) is 8.78 Å². The monoisotopic (exact) mass is 314 g/mol. The van der Waals surface area contributed by atoms with Gasteiger partial charge in [-0.15, -0.1) is 0 Å². The van der Waals surface area contributed by atoms with Gasteiger partial charge in [-0.3, -0.25) is 0 Å². The van der Waals surface area contributed by atoms with Gasteiger partial charge in [0.25, 0.3) is 0 Å². The molecule has 0 aromatic heterocycles. The molecule has 2 unspecified atom stereocenters. The molecule has 0 N–H and O–H groups in total. The second kappa shape index (κ2) is 5.40. The maximum absolute atomic E-state index is 12.5. The van der Waals surface area contributed by atoms with Gasteiger partial charge in [0.05, 0.1) is 10.5 Å². The first-order chi connectivity index (χ1) is 9.98. The Hall–Kier alpha value is -1.43. The van der Waals surface area contributed by atoms with Gasteiger partial charge in [0.2, 0.25) is 0 Å². The number of benzene rings is 1. The fourth-order valence-corrected chi connectivity index (χ4v) is 5.44. The molecule has 0 saturated carbocycles. The average Bonchev–Trinajstić information content (AvgIpc) is 2.37. The van der Waals surface area contributed by atoms with E-state index in [1.165, 1.54) is 6.07 Å². The van der Waals surface area contributed by atoms with Crippen LogP contribution in [0.5, 0.6) is 5.75 Å². The lowest BCUT2D eigenvalue weighted by Gasteiger charge is -2.33. The second-order valence-electron chi connectivity index (χ2n) is 5.45. The van der Waals surface area contributed by atoms with Crippen LogP contribution in [-0.2, 0) is 9.84 Å². The molecule has 3 rings (SSSR count). The molecule has 1 saturated heterocycles. The van der Waals surface area contributed by atoms with Crippen LogP contribution in [0.25, 0.3) is 5.57 Å². The number of fused-ring (bicyclic) bond motifs is 2. The Kier molecular flexibility index (Phi) is 3.73. The molecule has 114 valence electrons. The third kappa shape index (κ3) is 2.69. The molecule has 2 aliphatic heterocycles. The summed E-state index contributed by atoms with van der Waals surface area (Å²) in [5.41, 5.74) is 1.38. The highest BCUT2D eigenvalue weighted by molar-refractivity contribution is 7.93. The van der Waals surface area contributed by atoms with Crippen molar-refractivity contribution in [1.82, 2.24) is 0 Å². The average molecular weight is 314 g/mol. The molecule has 2 aliphatic rings. The summed E-state index contributed by atoms with van der Waals surface area (Å²) in [4.78, 5) is 0. The van der Waals surface area contributed by atoms with Crippen molar-refractivity contribution in [3.63, 3.8) is 0 Å². The quantitative estimate of drug-likeness (QED) is 0.858. The summed E-state index contributed by atoms with van der Waals surface area (Å²) in [6, 6.07) is 6.56. The fourth-order valence-electron chi connectivity index (χ4n) is 3.19. The number of para-hydroxylation sites is 1. The SMILES string of the molecule is O=S1(=O)C2C=C(c3ccccc3OC(F)F)CC1CCC2. The topological polar surface area (TPSA) is 43.4 Å². The summed E-state index contributed by atoms with van der Waals surface area (Å²) in [5, 5.41) is -0.879. The van der Waals surface area contributed by atoms with Crippen molar-refractivity contribution in [2.75, 3.05) is 0 Å². The van der Waals surface area contributed by atoms with Gasteiger partial charge >= 0.3 is 6.61 Å². The van der Waals surface area contributed by atoms with Crippen molar-refractivity contribution in [3.8, 4) is 5.75 Å². The molecule has 2 heterocycles. The van der Waals surface area contributed by atoms with Crippen molar-refractivity contribution in [1.29, 1.82) is 0 Å². The first-order valence-corrected chi connectivity index (χ1v) is 8.57. The van der Waals surface area contributed by atoms with Gasteiger partial charge in [0.15, 0.2) is 9.84 Å². The predicted octanol–water partition coefficient (Wildman–Crippen LogP) is 3.41. The lowest BCUT2D eigenvalue weighted by atomic mass is 9.93. The van der Waals surface area contributed by atoms with E-state index in [4.69, 9.17) is 0 Å². The predicted molar refractivity (Wildman–Crippen MR) is 76.0 cm³/mol. The molecule has 21 heavy (non-hydrogen) atoms. The highest BCUT2D eigenvalue weighted by Gasteiger charge is 2.40. The zero-order valence-electron chi connectivity index (χ0n) is 11.3. The summed E-state index contributed by atoms with van der Waals surface area (Å²) in [6.45, 7) is -2.89. The molecule has 0 radical (unpaired) electrons. The minimum Gasteiger partial charge on any atom is -0.434 e. The lowest BCUT2D eigenvalue weighted by Crippen LogP contribution is -2.38. The first-order valence-electron chi connectivity index (χ1n) is 6.96. The van der Waals surface area contributed by atoms with Gasteiger partial charge in [0, 0.05) is 5.56 Å². The lowest BCUT2D eigenvalue weighted by molar-refractivity contribution is -0.0500. The van der Waals surface area contributed by atoms with Crippen LogP contribution in [0, 0.1) is 0 Å². The van der Waals surface area contributed by atoms with E-state index in [0.29, 0.717) is 24.8 Å². The van der Waals surface area contributed by atoms with E-state index in [2.05, 4.69) is 4.74 Å². The van der Waals surface area contributed by atoms with Crippen LogP contribution in [0.3, 0.4) is 0 Å². The van der Waals surface area contributed by atoms with E-state index in [-0.39, 0.29) is 5.75 Å². The van der Waals surface area contributed by atoms with Crippen LogP contribution in [-0.4, -0.2) is 25.5 Å². The number of alkyl halides is 2. The number of hydrogen-bond donors (Lipinski definition) is 0. The molecule has 0 aliphatic carbocycles. The van der Waals surface area contributed by atoms with E-state index >= 15 is 0 Å². The maximum Gasteiger partial charge on any atom is 0.387 e. The minimum absolute atomic E-state index is 0.108. The third-order valence-electron chi connectivity index (χ3n) is 4.19. The Balaban J connectivity index is 2.00. The Morgan fingerprint density at radius 2 is 1.95 bits per heavy atom. The highest BCUT2D eigenvalue weighted by atomic mass is 32.2. The van der Waals surface area contributed by atoms with Crippen LogP contribution in [0.1, 0.15) is 31.2 Å². The minimum atomic E-state index is -3.11. The van der Waals surface area contributed by atoms with Crippen molar-refractivity contribution >= 4 is 15.4 Å². The summed E-state index contributed by atoms with van der Waals surface area (Å²) in [6.07, 6.45) is 4.25. The fraction of sp³-hybridized carbons (Fsp3) is 0.467. The largest absolute Gasteiger partial charge is 0.434 e. The van der Waals surface area contributed by atoms with Crippen LogP contribution in [0.2, 0.25) is 0 Å². The molecule has 1 fully saturated rings. The van der Waals surface area contributed by atoms with Crippen molar-refractivity contribution in [2.24, 2.45) is 0 Å². The molecule has 3 nitrogen and oxygen atoms in total. The van der Waals surface area contributed by atoms with Crippen LogP contribution in [0.4, 0.5) is 8.78 Å². The molecule has 0 amide bonds. The Labute approximate surface area is 122 Å². The third-order valence-corrected chi connectivity index (χ3v) is 6.73. The first kappa shape index (κ1) is 14.5. The van der Waals surface area contributed by atoms with E-state index < -0.39 is 26.9 Å². The van der Waals surface area contributed by atoms with E-state index in [9.17, 15) is 17.2 Å². The van der Waals surface area contributed by atoms with Crippen LogP contribution < -0.4 is 4.74 Å². The molecular formula is C15H16F2O3S. The molecule has 0 spiro atoms. The second-order valence-corrected chi connectivity index (χ2v) is 7.90. The number of ether oxygens (including phenoxy) is 1. The van der Waals surface area contributed by atoms with E-state index in [1.54, 1.807) is 24.3 Å². The summed E-state index contributed by atoms with van der Waals surface area (Å²) >= 11 is 0. The van der Waals surface area contributed by atoms with Gasteiger partial charge in [-0.1, -0.05) is 30.7 Å². The number of allylic oxidation sites excluding steroid dienone is 1. The standard InChI is InChI=1S/C15H16F2O3S/c16-15(17)20-14-7-2-1-6-13(14)10-8-11-4-3-5-12(9-10)21(11,18)19/h1-2,6-8,11-12,15H,3-5,9H2. The van der Waals surface area contributed by atoms with Crippen molar-refractivity contribution in [3.05, 3.63) is 35.9 Å². The number of rotatable bonds is 3. The van der Waals surface area contributed by atoms with Gasteiger partial charge in [0.1, 0.15) is 5.75 Å². The maximum atomic E-state index is 12.5. The van der Waals surface area contributed by atoms with E-state index in [1.807, 2.05) is 0 Å². The van der Waals surface area contributed by atoms with Crippen LogP contribution in [0.15, 0.2) is 30.3 Å². The molecular weight excluding hydrogens is 298 g/mol. The van der Waals surface area contributed by atoms with Gasteiger partial charge < -0.3 is 4.74 Å². The number of halogens is 2.